The second-order valence-corrected chi connectivity index (χ2v) is 6.05. The Morgan fingerprint density at radius 3 is 2.55 bits per heavy atom. The Morgan fingerprint density at radius 1 is 1.45 bits per heavy atom. The molecule has 1 amide bonds. The Kier molecular flexibility index (Phi) is 5.62. The maximum atomic E-state index is 12.2. The Balaban J connectivity index is 3.04. The van der Waals surface area contributed by atoms with Crippen LogP contribution in [-0.4, -0.2) is 25.3 Å². The van der Waals surface area contributed by atoms with Crippen LogP contribution in [-0.2, 0) is 4.74 Å². The molecule has 0 aliphatic heterocycles. The summed E-state index contributed by atoms with van der Waals surface area (Å²) in [5.41, 5.74) is 0.173. The van der Waals surface area contributed by atoms with Crippen molar-refractivity contribution in [2.45, 2.75) is 26.4 Å². The summed E-state index contributed by atoms with van der Waals surface area (Å²) in [6.07, 6.45) is 1.25. The highest BCUT2D eigenvalue weighted by Gasteiger charge is 2.23. The van der Waals surface area contributed by atoms with Crippen molar-refractivity contribution in [2.75, 3.05) is 18.6 Å². The van der Waals surface area contributed by atoms with Crippen molar-refractivity contribution < 1.29 is 14.3 Å². The van der Waals surface area contributed by atoms with Gasteiger partial charge in [0.2, 0.25) is 0 Å². The van der Waals surface area contributed by atoms with E-state index in [1.807, 2.05) is 26.8 Å². The van der Waals surface area contributed by atoms with E-state index in [4.69, 9.17) is 9.47 Å². The van der Waals surface area contributed by atoms with Gasteiger partial charge in [-0.2, -0.15) is 0 Å². The molecule has 0 saturated carbocycles. The van der Waals surface area contributed by atoms with Crippen molar-refractivity contribution in [3.05, 3.63) is 35.3 Å². The molecule has 0 radical (unpaired) electrons. The van der Waals surface area contributed by atoms with Crippen LogP contribution in [0.25, 0.3) is 0 Å². The summed E-state index contributed by atoms with van der Waals surface area (Å²) in [6.45, 7) is 9.55. The highest BCUT2D eigenvalue weighted by molar-refractivity contribution is 9.10. The lowest BCUT2D eigenvalue weighted by molar-refractivity contribution is 0.0584. The van der Waals surface area contributed by atoms with E-state index in [1.165, 1.54) is 4.90 Å². The molecule has 0 N–H and O–H groups in total. The van der Waals surface area contributed by atoms with Gasteiger partial charge in [-0.25, -0.2) is 4.79 Å². The summed E-state index contributed by atoms with van der Waals surface area (Å²) < 4.78 is 11.3. The molecule has 0 unspecified atom stereocenters. The van der Waals surface area contributed by atoms with Crippen LogP contribution in [0.1, 0.15) is 20.8 Å². The summed E-state index contributed by atoms with van der Waals surface area (Å²) in [4.78, 5) is 13.7. The van der Waals surface area contributed by atoms with Gasteiger partial charge in [0.1, 0.15) is 11.4 Å². The number of halogens is 1. The molecule has 0 saturated heterocycles. The predicted molar refractivity (Wildman–Crippen MR) is 84.5 cm³/mol. The van der Waals surface area contributed by atoms with Crippen molar-refractivity contribution >= 4 is 27.7 Å². The third kappa shape index (κ3) is 4.56. The number of amides is 1. The van der Waals surface area contributed by atoms with E-state index in [9.17, 15) is 4.79 Å². The maximum Gasteiger partial charge on any atom is 0.415 e. The summed E-state index contributed by atoms with van der Waals surface area (Å²) >= 11 is 3.41. The molecule has 0 atom stereocenters. The number of rotatable bonds is 4. The minimum absolute atomic E-state index is 0.369. The second-order valence-electron chi connectivity index (χ2n) is 5.20. The molecule has 0 aromatic heterocycles. The molecule has 1 rings (SSSR count). The van der Waals surface area contributed by atoms with Gasteiger partial charge in [0.05, 0.1) is 11.6 Å². The number of ether oxygens (including phenoxy) is 2. The number of nitrogens with zero attached hydrogens (tertiary/aromatic N) is 1. The number of methoxy groups -OCH3 is 1. The van der Waals surface area contributed by atoms with Gasteiger partial charge in [0.25, 0.3) is 0 Å². The van der Waals surface area contributed by atoms with Crippen LogP contribution in [0.4, 0.5) is 10.5 Å². The molecule has 1 aromatic rings. The molecule has 20 heavy (non-hydrogen) atoms. The molecule has 4 nitrogen and oxygen atoms in total. The Labute approximate surface area is 128 Å². The topological polar surface area (TPSA) is 38.8 Å². The van der Waals surface area contributed by atoms with E-state index in [-0.39, 0.29) is 0 Å². The molecule has 0 bridgehead atoms. The zero-order chi connectivity index (χ0) is 15.3. The smallest absolute Gasteiger partial charge is 0.415 e. The first-order valence-corrected chi connectivity index (χ1v) is 7.02. The van der Waals surface area contributed by atoms with Gasteiger partial charge in [0.15, 0.2) is 0 Å². The monoisotopic (exact) mass is 341 g/mol. The first-order chi connectivity index (χ1) is 9.28. The second kappa shape index (κ2) is 6.79. The minimum atomic E-state index is -0.541. The van der Waals surface area contributed by atoms with E-state index in [1.54, 1.807) is 25.3 Å². The van der Waals surface area contributed by atoms with Crippen LogP contribution >= 0.6 is 15.9 Å². The minimum Gasteiger partial charge on any atom is -0.496 e. The van der Waals surface area contributed by atoms with Crippen molar-refractivity contribution in [3.63, 3.8) is 0 Å². The molecule has 0 aliphatic rings. The first kappa shape index (κ1) is 16.6. The highest BCUT2D eigenvalue weighted by Crippen LogP contribution is 2.30. The fourth-order valence-corrected chi connectivity index (χ4v) is 2.08. The van der Waals surface area contributed by atoms with Crippen LogP contribution in [0.5, 0.6) is 5.75 Å². The molecule has 0 aliphatic carbocycles. The highest BCUT2D eigenvalue weighted by atomic mass is 79.9. The van der Waals surface area contributed by atoms with E-state index in [0.717, 1.165) is 4.47 Å². The van der Waals surface area contributed by atoms with Crippen molar-refractivity contribution in [1.29, 1.82) is 0 Å². The number of hydrogen-bond donors (Lipinski definition) is 0. The molecular weight excluding hydrogens is 322 g/mol. The molecule has 1 aromatic carbocycles. The lowest BCUT2D eigenvalue weighted by atomic mass is 10.2. The standard InChI is InChI=1S/C15H20BrNO3/c1-6-9-17(14(18)20-15(2,3)4)11-7-8-13(19-5)12(16)10-11/h6-8,10H,1,9H2,2-5H3. The lowest BCUT2D eigenvalue weighted by Gasteiger charge is -2.27. The fourth-order valence-electron chi connectivity index (χ4n) is 1.55. The van der Waals surface area contributed by atoms with Crippen LogP contribution in [0.3, 0.4) is 0 Å². The first-order valence-electron chi connectivity index (χ1n) is 6.23. The van der Waals surface area contributed by atoms with E-state index >= 15 is 0 Å². The largest absolute Gasteiger partial charge is 0.496 e. The van der Waals surface area contributed by atoms with E-state index < -0.39 is 11.7 Å². The Bertz CT molecular complexity index is 494. The van der Waals surface area contributed by atoms with Gasteiger partial charge < -0.3 is 9.47 Å². The number of anilines is 1. The van der Waals surface area contributed by atoms with Gasteiger partial charge in [0, 0.05) is 12.2 Å². The SMILES string of the molecule is C=CCN(C(=O)OC(C)(C)C)c1ccc(OC)c(Br)c1. The lowest BCUT2D eigenvalue weighted by Crippen LogP contribution is -2.37. The normalized spacial score (nSPS) is 10.8. The van der Waals surface area contributed by atoms with E-state index in [0.29, 0.717) is 18.0 Å². The third-order valence-electron chi connectivity index (χ3n) is 2.37. The number of benzene rings is 1. The van der Waals surface area contributed by atoms with Crippen molar-refractivity contribution in [1.82, 2.24) is 0 Å². The van der Waals surface area contributed by atoms with Gasteiger partial charge in [-0.15, -0.1) is 6.58 Å². The van der Waals surface area contributed by atoms with Crippen LogP contribution in [0, 0.1) is 0 Å². The van der Waals surface area contributed by atoms with Gasteiger partial charge in [-0.05, 0) is 54.9 Å². The summed E-state index contributed by atoms with van der Waals surface area (Å²) in [7, 11) is 1.59. The Morgan fingerprint density at radius 2 is 2.10 bits per heavy atom. The molecular formula is C15H20BrNO3. The quantitative estimate of drug-likeness (QED) is 0.762. The Hall–Kier alpha value is -1.49. The van der Waals surface area contributed by atoms with Crippen LogP contribution in [0.2, 0.25) is 0 Å². The summed E-state index contributed by atoms with van der Waals surface area (Å²) in [5.74, 6) is 0.705. The van der Waals surface area contributed by atoms with Crippen molar-refractivity contribution in [2.24, 2.45) is 0 Å². The molecule has 0 fully saturated rings. The van der Waals surface area contributed by atoms with Crippen LogP contribution in [0.15, 0.2) is 35.3 Å². The summed E-state index contributed by atoms with van der Waals surface area (Å²) in [5, 5.41) is 0. The number of hydrogen-bond acceptors (Lipinski definition) is 3. The predicted octanol–water partition coefficient (Wildman–Crippen LogP) is 4.39. The van der Waals surface area contributed by atoms with Crippen LogP contribution < -0.4 is 9.64 Å². The summed E-state index contributed by atoms with van der Waals surface area (Å²) in [6, 6.07) is 5.41. The zero-order valence-electron chi connectivity index (χ0n) is 12.3. The number of carbonyl (C=O) groups excluding carboxylic acids is 1. The van der Waals surface area contributed by atoms with Gasteiger partial charge >= 0.3 is 6.09 Å². The van der Waals surface area contributed by atoms with Gasteiger partial charge in [-0.1, -0.05) is 6.08 Å². The average molecular weight is 342 g/mol. The molecule has 0 heterocycles. The number of carbonyl (C=O) groups is 1. The molecule has 5 heteroatoms. The fraction of sp³-hybridized carbons (Fsp3) is 0.400. The zero-order valence-corrected chi connectivity index (χ0v) is 13.9. The average Bonchev–Trinajstić information content (AvgIpc) is 2.33. The molecule has 110 valence electrons. The van der Waals surface area contributed by atoms with Crippen molar-refractivity contribution in [3.8, 4) is 5.75 Å². The van der Waals surface area contributed by atoms with Gasteiger partial charge in [-0.3, -0.25) is 4.90 Å². The maximum absolute atomic E-state index is 12.2. The third-order valence-corrected chi connectivity index (χ3v) is 2.99. The van der Waals surface area contributed by atoms with E-state index in [2.05, 4.69) is 22.5 Å². The molecule has 0 spiro atoms.